The molecular weight excluding hydrogens is 347 g/mol. The zero-order chi connectivity index (χ0) is 16.4. The van der Waals surface area contributed by atoms with Crippen molar-refractivity contribution in [1.82, 2.24) is 14.9 Å². The zero-order valence-electron chi connectivity index (χ0n) is 11.8. The fourth-order valence-electron chi connectivity index (χ4n) is 2.25. The van der Waals surface area contributed by atoms with Crippen LogP contribution in [0.25, 0.3) is 0 Å². The summed E-state index contributed by atoms with van der Waals surface area (Å²) < 4.78 is 37.8. The molecule has 0 N–H and O–H groups in total. The molecule has 3 heterocycles. The molecule has 0 radical (unpaired) electrons. The molecule has 1 amide bonds. The first-order valence-corrected chi connectivity index (χ1v) is 8.66. The average Bonchev–Trinajstić information content (AvgIpc) is 2.99. The Bertz CT molecular complexity index is 717. The predicted octanol–water partition coefficient (Wildman–Crippen LogP) is 3.23. The minimum atomic E-state index is -4.51. The number of rotatable bonds is 3. The third-order valence-corrected chi connectivity index (χ3v) is 5.28. The van der Waals surface area contributed by atoms with Crippen LogP contribution < -0.4 is 0 Å². The molecule has 0 saturated heterocycles. The van der Waals surface area contributed by atoms with Crippen LogP contribution in [0.5, 0.6) is 0 Å². The normalized spacial score (nSPS) is 14.7. The first-order chi connectivity index (χ1) is 10.9. The Kier molecular flexibility index (Phi) is 4.58. The fourth-order valence-corrected chi connectivity index (χ4v) is 3.87. The van der Waals surface area contributed by atoms with Crippen LogP contribution in [0.1, 0.15) is 16.1 Å². The number of amides is 1. The molecule has 0 saturated carbocycles. The molecule has 122 valence electrons. The van der Waals surface area contributed by atoms with Crippen molar-refractivity contribution in [2.45, 2.75) is 24.3 Å². The van der Waals surface area contributed by atoms with Crippen molar-refractivity contribution in [1.29, 1.82) is 0 Å². The van der Waals surface area contributed by atoms with Crippen molar-refractivity contribution >= 4 is 29.0 Å². The second kappa shape index (κ2) is 6.48. The summed E-state index contributed by atoms with van der Waals surface area (Å²) in [7, 11) is 0. The van der Waals surface area contributed by atoms with E-state index in [1.165, 1.54) is 4.88 Å². The second-order valence-corrected chi connectivity index (χ2v) is 6.89. The van der Waals surface area contributed by atoms with Gasteiger partial charge in [-0.15, -0.1) is 11.3 Å². The predicted molar refractivity (Wildman–Crippen MR) is 81.2 cm³/mol. The van der Waals surface area contributed by atoms with Gasteiger partial charge in [0.15, 0.2) is 5.16 Å². The Balaban J connectivity index is 1.60. The van der Waals surface area contributed by atoms with Gasteiger partial charge < -0.3 is 4.90 Å². The number of thiophene rings is 1. The molecule has 0 bridgehead atoms. The summed E-state index contributed by atoms with van der Waals surface area (Å²) in [5.74, 6) is -0.0892. The molecule has 0 atom stereocenters. The van der Waals surface area contributed by atoms with Gasteiger partial charge in [0.2, 0.25) is 5.91 Å². The molecule has 9 heteroatoms. The van der Waals surface area contributed by atoms with Crippen molar-refractivity contribution < 1.29 is 18.0 Å². The quantitative estimate of drug-likeness (QED) is 0.624. The molecule has 2 aromatic rings. The number of nitrogens with zero attached hydrogens (tertiary/aromatic N) is 3. The van der Waals surface area contributed by atoms with Crippen LogP contribution in [0.15, 0.2) is 28.9 Å². The molecule has 23 heavy (non-hydrogen) atoms. The van der Waals surface area contributed by atoms with Crippen molar-refractivity contribution in [2.24, 2.45) is 0 Å². The van der Waals surface area contributed by atoms with Crippen LogP contribution >= 0.6 is 23.1 Å². The Hall–Kier alpha value is -1.61. The van der Waals surface area contributed by atoms with Crippen molar-refractivity contribution in [3.8, 4) is 0 Å². The van der Waals surface area contributed by atoms with E-state index in [1.807, 2.05) is 11.4 Å². The summed E-state index contributed by atoms with van der Waals surface area (Å²) in [6, 6.07) is 2.82. The topological polar surface area (TPSA) is 46.1 Å². The van der Waals surface area contributed by atoms with E-state index in [0.717, 1.165) is 36.0 Å². The van der Waals surface area contributed by atoms with Crippen molar-refractivity contribution in [3.05, 3.63) is 39.8 Å². The maximum absolute atomic E-state index is 12.6. The van der Waals surface area contributed by atoms with E-state index in [1.54, 1.807) is 16.2 Å². The monoisotopic (exact) mass is 359 g/mol. The Morgan fingerprint density at radius 1 is 1.39 bits per heavy atom. The summed E-state index contributed by atoms with van der Waals surface area (Å²) in [6.45, 7) is 1.19. The van der Waals surface area contributed by atoms with Gasteiger partial charge >= 0.3 is 6.18 Å². The lowest BCUT2D eigenvalue weighted by molar-refractivity contribution is -0.141. The number of halogens is 3. The molecule has 0 unspecified atom stereocenters. The summed E-state index contributed by atoms with van der Waals surface area (Å²) in [4.78, 5) is 22.5. The highest BCUT2D eigenvalue weighted by Crippen LogP contribution is 2.29. The third kappa shape index (κ3) is 3.84. The van der Waals surface area contributed by atoms with Gasteiger partial charge in [0.1, 0.15) is 5.69 Å². The number of fused-ring (bicyclic) bond motifs is 1. The highest BCUT2D eigenvalue weighted by molar-refractivity contribution is 7.99. The van der Waals surface area contributed by atoms with Crippen LogP contribution in [0.3, 0.4) is 0 Å². The van der Waals surface area contributed by atoms with Crippen molar-refractivity contribution in [2.75, 3.05) is 12.3 Å². The molecule has 4 nitrogen and oxygen atoms in total. The van der Waals surface area contributed by atoms with E-state index in [4.69, 9.17) is 0 Å². The molecule has 0 fully saturated rings. The molecule has 3 rings (SSSR count). The van der Waals surface area contributed by atoms with Crippen LogP contribution in [0, 0.1) is 0 Å². The molecule has 0 aliphatic carbocycles. The molecule has 1 aliphatic rings. The van der Waals surface area contributed by atoms with Gasteiger partial charge in [-0.2, -0.15) is 13.2 Å². The lowest BCUT2D eigenvalue weighted by atomic mass is 10.1. The minimum Gasteiger partial charge on any atom is -0.337 e. The first kappa shape index (κ1) is 16.3. The minimum absolute atomic E-state index is 0.0286. The van der Waals surface area contributed by atoms with Crippen LogP contribution in [-0.4, -0.2) is 33.1 Å². The molecule has 0 spiro atoms. The highest BCUT2D eigenvalue weighted by atomic mass is 32.2. The van der Waals surface area contributed by atoms with E-state index in [-0.39, 0.29) is 16.8 Å². The van der Waals surface area contributed by atoms with Gasteiger partial charge in [-0.3, -0.25) is 4.79 Å². The van der Waals surface area contributed by atoms with E-state index in [2.05, 4.69) is 9.97 Å². The maximum Gasteiger partial charge on any atom is 0.433 e. The van der Waals surface area contributed by atoms with E-state index in [0.29, 0.717) is 13.1 Å². The van der Waals surface area contributed by atoms with Gasteiger partial charge in [-0.05, 0) is 29.5 Å². The number of aromatic nitrogens is 2. The van der Waals surface area contributed by atoms with Gasteiger partial charge in [0, 0.05) is 24.2 Å². The zero-order valence-corrected chi connectivity index (χ0v) is 13.5. The Morgan fingerprint density at radius 2 is 2.22 bits per heavy atom. The second-order valence-electron chi connectivity index (χ2n) is 4.95. The summed E-state index contributed by atoms with van der Waals surface area (Å²) in [6.07, 6.45) is -2.63. The number of hydrogen-bond donors (Lipinski definition) is 0. The molecular formula is C14H12F3N3OS2. The van der Waals surface area contributed by atoms with E-state index < -0.39 is 11.9 Å². The van der Waals surface area contributed by atoms with E-state index in [9.17, 15) is 18.0 Å². The first-order valence-electron chi connectivity index (χ1n) is 6.79. The number of thioether (sulfide) groups is 1. The van der Waals surface area contributed by atoms with Crippen LogP contribution in [-0.2, 0) is 23.9 Å². The van der Waals surface area contributed by atoms with Crippen LogP contribution in [0.4, 0.5) is 13.2 Å². The van der Waals surface area contributed by atoms with Gasteiger partial charge in [-0.25, -0.2) is 9.97 Å². The van der Waals surface area contributed by atoms with Gasteiger partial charge in [0.05, 0.1) is 5.75 Å². The number of alkyl halides is 3. The Morgan fingerprint density at radius 3 is 3.00 bits per heavy atom. The molecule has 1 aliphatic heterocycles. The fraction of sp³-hybridized carbons (Fsp3) is 0.357. The number of carbonyl (C=O) groups excluding carboxylic acids is 1. The summed E-state index contributed by atoms with van der Waals surface area (Å²) >= 11 is 2.61. The average molecular weight is 359 g/mol. The molecule has 0 aromatic carbocycles. The van der Waals surface area contributed by atoms with Crippen molar-refractivity contribution in [3.63, 3.8) is 0 Å². The summed E-state index contributed by atoms with van der Waals surface area (Å²) in [5, 5.41) is 1.96. The lowest BCUT2D eigenvalue weighted by Crippen LogP contribution is -2.36. The van der Waals surface area contributed by atoms with Gasteiger partial charge in [0.25, 0.3) is 0 Å². The molecule has 2 aromatic heterocycles. The summed E-state index contributed by atoms with van der Waals surface area (Å²) in [5.41, 5.74) is 0.151. The Labute approximate surface area is 138 Å². The van der Waals surface area contributed by atoms with E-state index >= 15 is 0 Å². The maximum atomic E-state index is 12.6. The SMILES string of the molecule is O=C(CSc1nccc(C(F)(F)F)n1)N1CCc2sccc2C1. The van der Waals surface area contributed by atoms with Crippen LogP contribution in [0.2, 0.25) is 0 Å². The largest absolute Gasteiger partial charge is 0.433 e. The highest BCUT2D eigenvalue weighted by Gasteiger charge is 2.33. The smallest absolute Gasteiger partial charge is 0.337 e. The number of carbonyl (C=O) groups is 1. The third-order valence-electron chi connectivity index (χ3n) is 3.41. The number of hydrogen-bond acceptors (Lipinski definition) is 5. The lowest BCUT2D eigenvalue weighted by Gasteiger charge is -2.26. The van der Waals surface area contributed by atoms with Gasteiger partial charge in [-0.1, -0.05) is 11.8 Å². The standard InChI is InChI=1S/C14H12F3N3OS2/c15-14(16,17)11-1-4-18-13(19-11)23-8-12(21)20-5-2-10-9(7-20)3-6-22-10/h1,3-4,6H,2,5,7-8H2.